The fourth-order valence-electron chi connectivity index (χ4n) is 2.43. The van der Waals surface area contributed by atoms with E-state index >= 15 is 0 Å². The van der Waals surface area contributed by atoms with E-state index in [-0.39, 0.29) is 5.56 Å². The smallest absolute Gasteiger partial charge is 0.271 e. The first-order chi connectivity index (χ1) is 10.1. The summed E-state index contributed by atoms with van der Waals surface area (Å²) in [6, 6.07) is 8.21. The summed E-state index contributed by atoms with van der Waals surface area (Å²) >= 11 is 0. The third-order valence-electron chi connectivity index (χ3n) is 3.57. The molecule has 0 fully saturated rings. The van der Waals surface area contributed by atoms with Crippen molar-refractivity contribution in [3.05, 3.63) is 51.3 Å². The van der Waals surface area contributed by atoms with Gasteiger partial charge in [-0.1, -0.05) is 30.7 Å². The predicted molar refractivity (Wildman–Crippen MR) is 86.5 cm³/mol. The number of rotatable bonds is 5. The van der Waals surface area contributed by atoms with E-state index in [1.165, 1.54) is 11.1 Å². The summed E-state index contributed by atoms with van der Waals surface area (Å²) in [5.74, 6) is 0. The van der Waals surface area contributed by atoms with Gasteiger partial charge in [-0.3, -0.25) is 4.79 Å². The largest absolute Gasteiger partial charge is 0.313 e. The van der Waals surface area contributed by atoms with E-state index in [4.69, 9.17) is 0 Å². The molecular formula is C17H23N3O. The number of benzene rings is 1. The van der Waals surface area contributed by atoms with Gasteiger partial charge in [0.1, 0.15) is 0 Å². The molecule has 4 heteroatoms. The van der Waals surface area contributed by atoms with Crippen molar-refractivity contribution in [1.82, 2.24) is 15.1 Å². The van der Waals surface area contributed by atoms with Crippen molar-refractivity contribution in [2.75, 3.05) is 6.54 Å². The number of hydrogen-bond acceptors (Lipinski definition) is 3. The van der Waals surface area contributed by atoms with Crippen molar-refractivity contribution in [2.24, 2.45) is 0 Å². The SMILES string of the molecule is CCNCc1cc(-c2ccc(C)cc2C)nn(CC)c1=O. The normalized spacial score (nSPS) is 10.9. The molecule has 1 N–H and O–H groups in total. The molecule has 0 bridgehead atoms. The Morgan fingerprint density at radius 2 is 1.95 bits per heavy atom. The van der Waals surface area contributed by atoms with E-state index in [0.29, 0.717) is 13.1 Å². The van der Waals surface area contributed by atoms with Crippen LogP contribution in [0.1, 0.15) is 30.5 Å². The number of hydrogen-bond donors (Lipinski definition) is 1. The van der Waals surface area contributed by atoms with Crippen molar-refractivity contribution in [3.63, 3.8) is 0 Å². The second kappa shape index (κ2) is 6.68. The molecule has 0 saturated carbocycles. The van der Waals surface area contributed by atoms with Crippen LogP contribution in [0.5, 0.6) is 0 Å². The lowest BCUT2D eigenvalue weighted by molar-refractivity contribution is 0.600. The summed E-state index contributed by atoms with van der Waals surface area (Å²) in [7, 11) is 0. The Bertz CT molecular complexity index is 689. The van der Waals surface area contributed by atoms with E-state index in [2.05, 4.69) is 42.5 Å². The molecule has 0 unspecified atom stereocenters. The van der Waals surface area contributed by atoms with Crippen LogP contribution in [0.3, 0.4) is 0 Å². The third kappa shape index (κ3) is 3.39. The summed E-state index contributed by atoms with van der Waals surface area (Å²) in [6.07, 6.45) is 0. The topological polar surface area (TPSA) is 46.9 Å². The van der Waals surface area contributed by atoms with Gasteiger partial charge < -0.3 is 5.32 Å². The first-order valence-corrected chi connectivity index (χ1v) is 7.46. The summed E-state index contributed by atoms with van der Waals surface area (Å²) in [5.41, 5.74) is 5.11. The highest BCUT2D eigenvalue weighted by Gasteiger charge is 2.10. The lowest BCUT2D eigenvalue weighted by atomic mass is 10.0. The highest BCUT2D eigenvalue weighted by Crippen LogP contribution is 2.22. The van der Waals surface area contributed by atoms with Crippen LogP contribution in [0.4, 0.5) is 0 Å². The Labute approximate surface area is 125 Å². The molecule has 0 aliphatic heterocycles. The summed E-state index contributed by atoms with van der Waals surface area (Å²) in [6.45, 7) is 10.1. The molecule has 0 aliphatic rings. The van der Waals surface area contributed by atoms with Gasteiger partial charge in [0.05, 0.1) is 5.69 Å². The maximum atomic E-state index is 12.3. The van der Waals surface area contributed by atoms with Crippen molar-refractivity contribution < 1.29 is 0 Å². The van der Waals surface area contributed by atoms with Crippen LogP contribution in [-0.2, 0) is 13.1 Å². The van der Waals surface area contributed by atoms with Crippen molar-refractivity contribution in [1.29, 1.82) is 0 Å². The lowest BCUT2D eigenvalue weighted by Gasteiger charge is -2.11. The molecule has 1 heterocycles. The van der Waals surface area contributed by atoms with Crippen LogP contribution < -0.4 is 10.9 Å². The zero-order valence-corrected chi connectivity index (χ0v) is 13.2. The third-order valence-corrected chi connectivity index (χ3v) is 3.57. The Hall–Kier alpha value is -1.94. The van der Waals surface area contributed by atoms with Gasteiger partial charge in [0.15, 0.2) is 0 Å². The van der Waals surface area contributed by atoms with Crippen LogP contribution >= 0.6 is 0 Å². The second-order valence-electron chi connectivity index (χ2n) is 5.27. The summed E-state index contributed by atoms with van der Waals surface area (Å²) in [4.78, 5) is 12.3. The molecule has 1 aromatic carbocycles. The van der Waals surface area contributed by atoms with E-state index in [0.717, 1.165) is 23.4 Å². The van der Waals surface area contributed by atoms with Gasteiger partial charge in [0.2, 0.25) is 0 Å². The van der Waals surface area contributed by atoms with Gasteiger partial charge in [-0.05, 0) is 38.9 Å². The average molecular weight is 285 g/mol. The predicted octanol–water partition coefficient (Wildman–Crippen LogP) is 2.66. The average Bonchev–Trinajstić information content (AvgIpc) is 2.46. The molecule has 0 radical (unpaired) electrons. The first kappa shape index (κ1) is 15.4. The lowest BCUT2D eigenvalue weighted by Crippen LogP contribution is -2.29. The molecule has 21 heavy (non-hydrogen) atoms. The van der Waals surface area contributed by atoms with E-state index in [1.807, 2.05) is 19.9 Å². The minimum atomic E-state index is -0.00744. The van der Waals surface area contributed by atoms with Gasteiger partial charge in [0, 0.05) is 24.2 Å². The van der Waals surface area contributed by atoms with Gasteiger partial charge >= 0.3 is 0 Å². The van der Waals surface area contributed by atoms with Crippen LogP contribution in [0, 0.1) is 13.8 Å². The number of aryl methyl sites for hydroxylation is 3. The van der Waals surface area contributed by atoms with Crippen LogP contribution in [0.25, 0.3) is 11.3 Å². The minimum Gasteiger partial charge on any atom is -0.313 e. The summed E-state index contributed by atoms with van der Waals surface area (Å²) < 4.78 is 1.54. The fraction of sp³-hybridized carbons (Fsp3) is 0.412. The van der Waals surface area contributed by atoms with Crippen molar-refractivity contribution in [2.45, 2.75) is 40.8 Å². The Balaban J connectivity index is 2.55. The molecule has 2 aromatic rings. The summed E-state index contributed by atoms with van der Waals surface area (Å²) in [5, 5.41) is 7.71. The molecule has 0 saturated heterocycles. The van der Waals surface area contributed by atoms with Gasteiger partial charge in [-0.25, -0.2) is 4.68 Å². The van der Waals surface area contributed by atoms with Crippen LogP contribution in [0.15, 0.2) is 29.1 Å². The Kier molecular flexibility index (Phi) is 4.91. The van der Waals surface area contributed by atoms with Crippen molar-refractivity contribution in [3.8, 4) is 11.3 Å². The van der Waals surface area contributed by atoms with Crippen molar-refractivity contribution >= 4 is 0 Å². The van der Waals surface area contributed by atoms with Crippen LogP contribution in [0.2, 0.25) is 0 Å². The molecule has 112 valence electrons. The maximum Gasteiger partial charge on any atom is 0.271 e. The zero-order chi connectivity index (χ0) is 15.4. The van der Waals surface area contributed by atoms with E-state index in [1.54, 1.807) is 4.68 Å². The molecule has 1 aromatic heterocycles. The Morgan fingerprint density at radius 3 is 2.57 bits per heavy atom. The van der Waals surface area contributed by atoms with Gasteiger partial charge in [0.25, 0.3) is 5.56 Å². The number of nitrogens with one attached hydrogen (secondary N) is 1. The first-order valence-electron chi connectivity index (χ1n) is 7.46. The Morgan fingerprint density at radius 1 is 1.19 bits per heavy atom. The number of nitrogens with zero attached hydrogens (tertiary/aromatic N) is 2. The molecule has 4 nitrogen and oxygen atoms in total. The molecule has 0 atom stereocenters. The maximum absolute atomic E-state index is 12.3. The quantitative estimate of drug-likeness (QED) is 0.918. The standard InChI is InChI=1S/C17H23N3O/c1-5-18-11-14-10-16(19-20(6-2)17(14)21)15-8-7-12(3)9-13(15)4/h7-10,18H,5-6,11H2,1-4H3. The molecule has 0 aliphatic carbocycles. The fourth-order valence-corrected chi connectivity index (χ4v) is 2.43. The van der Waals surface area contributed by atoms with E-state index in [9.17, 15) is 4.79 Å². The van der Waals surface area contributed by atoms with Crippen LogP contribution in [-0.4, -0.2) is 16.3 Å². The highest BCUT2D eigenvalue weighted by atomic mass is 16.1. The van der Waals surface area contributed by atoms with Gasteiger partial charge in [-0.2, -0.15) is 5.10 Å². The molecular weight excluding hydrogens is 262 g/mol. The second-order valence-corrected chi connectivity index (χ2v) is 5.27. The minimum absolute atomic E-state index is 0.00744. The van der Waals surface area contributed by atoms with E-state index < -0.39 is 0 Å². The van der Waals surface area contributed by atoms with Gasteiger partial charge in [-0.15, -0.1) is 0 Å². The monoisotopic (exact) mass is 285 g/mol. The molecule has 2 rings (SSSR count). The molecule has 0 amide bonds. The zero-order valence-electron chi connectivity index (χ0n) is 13.2. The molecule has 0 spiro atoms. The number of aromatic nitrogens is 2. The highest BCUT2D eigenvalue weighted by molar-refractivity contribution is 5.64.